The highest BCUT2D eigenvalue weighted by Gasteiger charge is 2.19. The van der Waals surface area contributed by atoms with Gasteiger partial charge in [-0.25, -0.2) is 0 Å². The fourth-order valence-corrected chi connectivity index (χ4v) is 2.53. The van der Waals surface area contributed by atoms with E-state index in [2.05, 4.69) is 19.9 Å². The van der Waals surface area contributed by atoms with E-state index in [4.69, 9.17) is 5.26 Å². The molecular weight excluding hydrogens is 232 g/mol. The first kappa shape index (κ1) is 13.7. The second-order valence-electron chi connectivity index (χ2n) is 4.49. The van der Waals surface area contributed by atoms with E-state index in [9.17, 15) is 4.79 Å². The van der Waals surface area contributed by atoms with Crippen molar-refractivity contribution < 1.29 is 4.79 Å². The van der Waals surface area contributed by atoms with Gasteiger partial charge < -0.3 is 4.90 Å². The van der Waals surface area contributed by atoms with Crippen LogP contribution in [-0.2, 0) is 0 Å². The van der Waals surface area contributed by atoms with E-state index in [1.165, 1.54) is 11.3 Å². The van der Waals surface area contributed by atoms with E-state index in [0.29, 0.717) is 25.4 Å². The van der Waals surface area contributed by atoms with Crippen molar-refractivity contribution in [1.82, 2.24) is 4.90 Å². The summed E-state index contributed by atoms with van der Waals surface area (Å²) in [5.74, 6) is 0.472. The molecule has 0 bridgehead atoms. The minimum atomic E-state index is 0.0569. The van der Waals surface area contributed by atoms with Crippen molar-refractivity contribution in [3.8, 4) is 6.07 Å². The molecule has 1 rings (SSSR count). The number of nitrogens with zero attached hydrogens (tertiary/aromatic N) is 2. The third-order valence-corrected chi connectivity index (χ3v) is 3.43. The molecule has 0 fully saturated rings. The Labute approximate surface area is 107 Å². The molecule has 1 amide bonds. The van der Waals surface area contributed by atoms with Gasteiger partial charge in [0.15, 0.2) is 0 Å². The molecule has 0 spiro atoms. The molecule has 0 aliphatic carbocycles. The molecule has 0 radical (unpaired) electrons. The van der Waals surface area contributed by atoms with Crippen LogP contribution >= 0.6 is 11.3 Å². The highest BCUT2D eigenvalue weighted by Crippen LogP contribution is 2.18. The van der Waals surface area contributed by atoms with Crippen LogP contribution in [0.5, 0.6) is 0 Å². The molecule has 0 N–H and O–H groups in total. The maximum atomic E-state index is 12.3. The van der Waals surface area contributed by atoms with Crippen molar-refractivity contribution in [2.45, 2.75) is 27.2 Å². The van der Waals surface area contributed by atoms with E-state index in [-0.39, 0.29) is 5.91 Å². The Hall–Kier alpha value is -1.34. The van der Waals surface area contributed by atoms with Crippen molar-refractivity contribution in [1.29, 1.82) is 5.26 Å². The van der Waals surface area contributed by atoms with Crippen LogP contribution in [0.4, 0.5) is 0 Å². The van der Waals surface area contributed by atoms with Crippen molar-refractivity contribution in [2.75, 3.05) is 13.1 Å². The van der Waals surface area contributed by atoms with Gasteiger partial charge in [0.05, 0.1) is 17.4 Å². The minimum absolute atomic E-state index is 0.0569. The average molecular weight is 250 g/mol. The van der Waals surface area contributed by atoms with Crippen LogP contribution < -0.4 is 0 Å². The number of hydrogen-bond acceptors (Lipinski definition) is 3. The standard InChI is InChI=1S/C13H18N2OS/c1-10(2)9-15(7-4-6-14)13(16)12-11(3)5-8-17-12/h5,8,10H,4,7,9H2,1-3H3. The molecule has 17 heavy (non-hydrogen) atoms. The lowest BCUT2D eigenvalue weighted by Crippen LogP contribution is -2.34. The van der Waals surface area contributed by atoms with Gasteiger partial charge in [-0.3, -0.25) is 4.79 Å². The quantitative estimate of drug-likeness (QED) is 0.806. The molecule has 1 aromatic rings. The fraction of sp³-hybridized carbons (Fsp3) is 0.538. The maximum Gasteiger partial charge on any atom is 0.264 e. The third-order valence-electron chi connectivity index (χ3n) is 2.42. The zero-order valence-corrected chi connectivity index (χ0v) is 11.4. The van der Waals surface area contributed by atoms with Gasteiger partial charge in [-0.1, -0.05) is 13.8 Å². The molecule has 0 aromatic carbocycles. The lowest BCUT2D eigenvalue weighted by atomic mass is 10.2. The van der Waals surface area contributed by atoms with Gasteiger partial charge in [0.25, 0.3) is 5.91 Å². The normalized spacial score (nSPS) is 10.3. The second-order valence-corrected chi connectivity index (χ2v) is 5.40. The molecule has 0 unspecified atom stereocenters. The molecule has 0 saturated carbocycles. The SMILES string of the molecule is Cc1ccsc1C(=O)N(CCC#N)CC(C)C. The van der Waals surface area contributed by atoms with E-state index in [0.717, 1.165) is 10.4 Å². The molecule has 1 heterocycles. The lowest BCUT2D eigenvalue weighted by Gasteiger charge is -2.23. The molecule has 4 heteroatoms. The zero-order valence-electron chi connectivity index (χ0n) is 10.6. The van der Waals surface area contributed by atoms with Crippen molar-refractivity contribution >= 4 is 17.2 Å². The number of amides is 1. The summed E-state index contributed by atoms with van der Waals surface area (Å²) in [6.07, 6.45) is 0.392. The number of aryl methyl sites for hydroxylation is 1. The largest absolute Gasteiger partial charge is 0.337 e. The fourth-order valence-electron chi connectivity index (χ4n) is 1.64. The molecule has 3 nitrogen and oxygen atoms in total. The number of nitriles is 1. The Kier molecular flexibility index (Phi) is 5.17. The van der Waals surface area contributed by atoms with Crippen LogP contribution in [0.3, 0.4) is 0 Å². The summed E-state index contributed by atoms with van der Waals surface area (Å²) in [5.41, 5.74) is 1.02. The molecule has 1 aromatic heterocycles. The maximum absolute atomic E-state index is 12.3. The predicted octanol–water partition coefficient (Wildman–Crippen LogP) is 3.07. The molecule has 0 atom stereocenters. The summed E-state index contributed by atoms with van der Waals surface area (Å²) in [4.78, 5) is 14.9. The second kappa shape index (κ2) is 6.41. The van der Waals surface area contributed by atoms with Crippen LogP contribution in [-0.4, -0.2) is 23.9 Å². The number of hydrogen-bond donors (Lipinski definition) is 0. The third kappa shape index (κ3) is 3.86. The van der Waals surface area contributed by atoms with Gasteiger partial charge >= 0.3 is 0 Å². The van der Waals surface area contributed by atoms with Gasteiger partial charge in [0, 0.05) is 13.1 Å². The van der Waals surface area contributed by atoms with Gasteiger partial charge in [-0.15, -0.1) is 11.3 Å². The van der Waals surface area contributed by atoms with Gasteiger partial charge in [0.2, 0.25) is 0 Å². The Morgan fingerprint density at radius 3 is 2.76 bits per heavy atom. The van der Waals surface area contributed by atoms with E-state index < -0.39 is 0 Å². The smallest absolute Gasteiger partial charge is 0.264 e. The van der Waals surface area contributed by atoms with Crippen LogP contribution in [0, 0.1) is 24.2 Å². The number of carbonyl (C=O) groups excluding carboxylic acids is 1. The van der Waals surface area contributed by atoms with E-state index in [1.807, 2.05) is 18.4 Å². The lowest BCUT2D eigenvalue weighted by molar-refractivity contribution is 0.0744. The Balaban J connectivity index is 2.79. The van der Waals surface area contributed by atoms with E-state index >= 15 is 0 Å². The van der Waals surface area contributed by atoms with Gasteiger partial charge in [0.1, 0.15) is 0 Å². The van der Waals surface area contributed by atoms with Crippen molar-refractivity contribution in [3.63, 3.8) is 0 Å². The molecular formula is C13H18N2OS. The van der Waals surface area contributed by atoms with Crippen LogP contribution in [0.2, 0.25) is 0 Å². The van der Waals surface area contributed by atoms with Gasteiger partial charge in [-0.05, 0) is 29.9 Å². The van der Waals surface area contributed by atoms with Crippen LogP contribution in [0.25, 0.3) is 0 Å². The Morgan fingerprint density at radius 2 is 2.29 bits per heavy atom. The summed E-state index contributed by atoms with van der Waals surface area (Å²) in [6, 6.07) is 4.05. The first-order valence-corrected chi connectivity index (χ1v) is 6.64. The molecule has 0 saturated heterocycles. The summed E-state index contributed by atoms with van der Waals surface area (Å²) in [6.45, 7) is 7.33. The van der Waals surface area contributed by atoms with Crippen LogP contribution in [0.15, 0.2) is 11.4 Å². The summed E-state index contributed by atoms with van der Waals surface area (Å²) >= 11 is 1.47. The summed E-state index contributed by atoms with van der Waals surface area (Å²) in [7, 11) is 0. The highest BCUT2D eigenvalue weighted by molar-refractivity contribution is 7.12. The van der Waals surface area contributed by atoms with Gasteiger partial charge in [-0.2, -0.15) is 5.26 Å². The topological polar surface area (TPSA) is 44.1 Å². The number of rotatable bonds is 5. The number of carbonyl (C=O) groups is 1. The Morgan fingerprint density at radius 1 is 1.59 bits per heavy atom. The van der Waals surface area contributed by atoms with Crippen molar-refractivity contribution in [3.05, 3.63) is 21.9 Å². The average Bonchev–Trinajstić information content (AvgIpc) is 2.69. The Bertz CT molecular complexity index is 417. The molecule has 92 valence electrons. The summed E-state index contributed by atoms with van der Waals surface area (Å²) in [5, 5.41) is 10.6. The summed E-state index contributed by atoms with van der Waals surface area (Å²) < 4.78 is 0. The molecule has 0 aliphatic rings. The predicted molar refractivity (Wildman–Crippen MR) is 70.0 cm³/mol. The zero-order chi connectivity index (χ0) is 12.8. The monoisotopic (exact) mass is 250 g/mol. The highest BCUT2D eigenvalue weighted by atomic mass is 32.1. The number of thiophene rings is 1. The molecule has 0 aliphatic heterocycles. The first-order valence-electron chi connectivity index (χ1n) is 5.76. The minimum Gasteiger partial charge on any atom is -0.337 e. The van der Waals surface area contributed by atoms with Crippen LogP contribution in [0.1, 0.15) is 35.5 Å². The van der Waals surface area contributed by atoms with Crippen molar-refractivity contribution in [2.24, 2.45) is 5.92 Å². The first-order chi connectivity index (χ1) is 8.06. The van der Waals surface area contributed by atoms with E-state index in [1.54, 1.807) is 4.90 Å².